The van der Waals surface area contributed by atoms with Crippen LogP contribution in [-0.2, 0) is 14.8 Å². The zero-order valence-corrected chi connectivity index (χ0v) is 12.5. The Hall–Kier alpha value is -1.11. The van der Waals surface area contributed by atoms with Crippen LogP contribution >= 0.6 is 0 Å². The molecule has 1 aromatic rings. The molecule has 0 spiro atoms. The third-order valence-electron chi connectivity index (χ3n) is 2.48. The summed E-state index contributed by atoms with van der Waals surface area (Å²) in [5, 5.41) is 3.17. The van der Waals surface area contributed by atoms with Crippen molar-refractivity contribution in [1.29, 1.82) is 0 Å². The normalized spacial score (nSPS) is 13.2. The van der Waals surface area contributed by atoms with E-state index in [0.717, 1.165) is 0 Å². The molecule has 0 aliphatic carbocycles. The molecule has 0 heterocycles. The number of anilines is 1. The second-order valence-corrected chi connectivity index (χ2v) is 5.94. The Morgan fingerprint density at radius 3 is 2.58 bits per heavy atom. The van der Waals surface area contributed by atoms with Crippen LogP contribution in [0.25, 0.3) is 0 Å². The predicted octanol–water partition coefficient (Wildman–Crippen LogP) is 1.82. The zero-order valence-electron chi connectivity index (χ0n) is 11.6. The lowest BCUT2D eigenvalue weighted by Crippen LogP contribution is -2.27. The van der Waals surface area contributed by atoms with E-state index >= 15 is 0 Å². The van der Waals surface area contributed by atoms with Crippen molar-refractivity contribution in [1.82, 2.24) is 4.72 Å². The zero-order chi connectivity index (χ0) is 14.3. The minimum atomic E-state index is -3.46. The Morgan fingerprint density at radius 1 is 1.26 bits per heavy atom. The van der Waals surface area contributed by atoms with Gasteiger partial charge in [-0.1, -0.05) is 19.1 Å². The quantitative estimate of drug-likeness (QED) is 0.765. The monoisotopic (exact) mass is 286 g/mol. The van der Waals surface area contributed by atoms with Gasteiger partial charge in [0.2, 0.25) is 10.0 Å². The van der Waals surface area contributed by atoms with Crippen molar-refractivity contribution in [3.63, 3.8) is 0 Å². The van der Waals surface area contributed by atoms with E-state index in [9.17, 15) is 8.42 Å². The van der Waals surface area contributed by atoms with Crippen LogP contribution in [0.3, 0.4) is 0 Å². The number of nitrogens with one attached hydrogen (secondary N) is 2. The van der Waals surface area contributed by atoms with Crippen molar-refractivity contribution in [3.05, 3.63) is 24.3 Å². The first-order valence-electron chi connectivity index (χ1n) is 6.44. The van der Waals surface area contributed by atoms with Crippen LogP contribution in [0.1, 0.15) is 20.8 Å². The maximum atomic E-state index is 12.1. The minimum Gasteiger partial charge on any atom is -0.380 e. The van der Waals surface area contributed by atoms with Crippen LogP contribution in [0.15, 0.2) is 29.2 Å². The second-order valence-electron chi connectivity index (χ2n) is 4.20. The van der Waals surface area contributed by atoms with Crippen LogP contribution in [0, 0.1) is 0 Å². The van der Waals surface area contributed by atoms with Crippen molar-refractivity contribution in [2.45, 2.75) is 31.7 Å². The molecular formula is C13H22N2O3S. The van der Waals surface area contributed by atoms with Crippen LogP contribution in [0.5, 0.6) is 0 Å². The number of rotatable bonds is 8. The Kier molecular flexibility index (Phi) is 6.27. The smallest absolute Gasteiger partial charge is 0.242 e. The van der Waals surface area contributed by atoms with Gasteiger partial charge >= 0.3 is 0 Å². The molecule has 0 saturated heterocycles. The average Bonchev–Trinajstić information content (AvgIpc) is 2.36. The number of benzene rings is 1. The number of sulfonamides is 1. The van der Waals surface area contributed by atoms with Gasteiger partial charge in [0.1, 0.15) is 4.90 Å². The van der Waals surface area contributed by atoms with Crippen molar-refractivity contribution >= 4 is 15.7 Å². The van der Waals surface area contributed by atoms with Crippen LogP contribution in [0.2, 0.25) is 0 Å². The fourth-order valence-corrected chi connectivity index (χ4v) is 2.90. The van der Waals surface area contributed by atoms with Gasteiger partial charge in [0.25, 0.3) is 0 Å². The van der Waals surface area contributed by atoms with Gasteiger partial charge in [-0.15, -0.1) is 0 Å². The van der Waals surface area contributed by atoms with E-state index in [4.69, 9.17) is 4.74 Å². The highest BCUT2D eigenvalue weighted by Gasteiger charge is 2.17. The van der Waals surface area contributed by atoms with Gasteiger partial charge in [0, 0.05) is 19.2 Å². The number of para-hydroxylation sites is 1. The lowest BCUT2D eigenvalue weighted by molar-refractivity contribution is 0.141. The maximum Gasteiger partial charge on any atom is 0.242 e. The molecule has 0 aliphatic heterocycles. The van der Waals surface area contributed by atoms with E-state index in [1.807, 2.05) is 13.8 Å². The summed E-state index contributed by atoms with van der Waals surface area (Å²) >= 11 is 0. The maximum absolute atomic E-state index is 12.1. The first-order chi connectivity index (χ1) is 9.01. The van der Waals surface area contributed by atoms with Crippen LogP contribution < -0.4 is 10.0 Å². The molecule has 0 fully saturated rings. The Balaban J connectivity index is 2.90. The molecule has 0 aromatic heterocycles. The van der Waals surface area contributed by atoms with Crippen molar-refractivity contribution in [2.75, 3.05) is 25.1 Å². The third kappa shape index (κ3) is 4.81. The van der Waals surface area contributed by atoms with Crippen molar-refractivity contribution in [2.24, 2.45) is 0 Å². The van der Waals surface area contributed by atoms with E-state index in [0.29, 0.717) is 25.4 Å². The largest absolute Gasteiger partial charge is 0.380 e. The molecule has 0 bridgehead atoms. The molecule has 0 saturated carbocycles. The Morgan fingerprint density at radius 2 is 1.95 bits per heavy atom. The van der Waals surface area contributed by atoms with E-state index in [1.54, 1.807) is 31.2 Å². The first-order valence-corrected chi connectivity index (χ1v) is 7.92. The lowest BCUT2D eigenvalue weighted by atomic mass is 10.3. The van der Waals surface area contributed by atoms with E-state index in [2.05, 4.69) is 10.0 Å². The molecule has 1 unspecified atom stereocenters. The lowest BCUT2D eigenvalue weighted by Gasteiger charge is -2.18. The summed E-state index contributed by atoms with van der Waals surface area (Å²) in [5.74, 6) is 0. The molecule has 0 radical (unpaired) electrons. The topological polar surface area (TPSA) is 67.4 Å². The van der Waals surface area contributed by atoms with Crippen molar-refractivity contribution < 1.29 is 13.2 Å². The molecule has 0 aliphatic rings. The number of hydrogen-bond donors (Lipinski definition) is 2. The summed E-state index contributed by atoms with van der Waals surface area (Å²) in [6, 6.07) is 6.90. The van der Waals surface area contributed by atoms with Gasteiger partial charge in [-0.2, -0.15) is 0 Å². The molecule has 1 rings (SSSR count). The second kappa shape index (κ2) is 7.47. The number of hydrogen-bond acceptors (Lipinski definition) is 4. The summed E-state index contributed by atoms with van der Waals surface area (Å²) < 4.78 is 31.9. The first kappa shape index (κ1) is 15.9. The summed E-state index contributed by atoms with van der Waals surface area (Å²) in [4.78, 5) is 0.264. The molecule has 6 heteroatoms. The predicted molar refractivity (Wildman–Crippen MR) is 76.9 cm³/mol. The Labute approximate surface area is 115 Å². The van der Waals surface area contributed by atoms with Gasteiger partial charge in [-0.05, 0) is 26.0 Å². The molecule has 5 nitrogen and oxygen atoms in total. The van der Waals surface area contributed by atoms with Gasteiger partial charge in [0.05, 0.1) is 12.3 Å². The highest BCUT2D eigenvalue weighted by molar-refractivity contribution is 7.89. The fourth-order valence-electron chi connectivity index (χ4n) is 1.69. The van der Waals surface area contributed by atoms with Crippen LogP contribution in [0.4, 0.5) is 5.69 Å². The SMILES string of the molecule is CCNS(=O)(=O)c1ccccc1NC(C)COCC. The van der Waals surface area contributed by atoms with E-state index < -0.39 is 10.0 Å². The fraction of sp³-hybridized carbons (Fsp3) is 0.538. The van der Waals surface area contributed by atoms with Gasteiger partial charge < -0.3 is 10.1 Å². The van der Waals surface area contributed by atoms with E-state index in [1.165, 1.54) is 0 Å². The summed E-state index contributed by atoms with van der Waals surface area (Å²) in [6.07, 6.45) is 0. The van der Waals surface area contributed by atoms with Crippen molar-refractivity contribution in [3.8, 4) is 0 Å². The molecule has 1 atom stereocenters. The Bertz CT molecular complexity index is 488. The molecule has 108 valence electrons. The summed E-state index contributed by atoms with van der Waals surface area (Å²) in [6.45, 7) is 7.18. The average molecular weight is 286 g/mol. The number of ether oxygens (including phenoxy) is 1. The summed E-state index contributed by atoms with van der Waals surface area (Å²) in [7, 11) is -3.46. The van der Waals surface area contributed by atoms with Gasteiger partial charge in [-0.3, -0.25) is 0 Å². The molecule has 2 N–H and O–H groups in total. The summed E-state index contributed by atoms with van der Waals surface area (Å²) in [5.41, 5.74) is 0.593. The highest BCUT2D eigenvalue weighted by Crippen LogP contribution is 2.21. The minimum absolute atomic E-state index is 0.0397. The molecular weight excluding hydrogens is 264 g/mol. The highest BCUT2D eigenvalue weighted by atomic mass is 32.2. The molecule has 1 aromatic carbocycles. The van der Waals surface area contributed by atoms with E-state index in [-0.39, 0.29) is 10.9 Å². The van der Waals surface area contributed by atoms with Gasteiger partial charge in [0.15, 0.2) is 0 Å². The standard InChI is InChI=1S/C13H22N2O3S/c1-4-14-19(16,17)13-9-7-6-8-12(13)15-11(3)10-18-5-2/h6-9,11,14-15H,4-5,10H2,1-3H3. The molecule has 19 heavy (non-hydrogen) atoms. The molecule has 0 amide bonds. The van der Waals surface area contributed by atoms with Crippen LogP contribution in [-0.4, -0.2) is 34.2 Å². The third-order valence-corrected chi connectivity index (χ3v) is 4.09. The van der Waals surface area contributed by atoms with Gasteiger partial charge in [-0.25, -0.2) is 13.1 Å².